The van der Waals surface area contributed by atoms with Crippen LogP contribution in [0.15, 0.2) is 17.5 Å². The molecule has 2 N–H and O–H groups in total. The van der Waals surface area contributed by atoms with Crippen molar-refractivity contribution in [2.75, 3.05) is 0 Å². The molecule has 0 bridgehead atoms. The van der Waals surface area contributed by atoms with Gasteiger partial charge in [0.15, 0.2) is 5.60 Å². The number of hydrogen-bond donors (Lipinski definition) is 2. The zero-order valence-electron chi connectivity index (χ0n) is 8.90. The third kappa shape index (κ3) is 2.07. The van der Waals surface area contributed by atoms with Crippen molar-refractivity contribution in [1.29, 1.82) is 0 Å². The van der Waals surface area contributed by atoms with Crippen molar-refractivity contribution in [1.82, 2.24) is 0 Å². The van der Waals surface area contributed by atoms with Crippen LogP contribution in [-0.4, -0.2) is 22.1 Å². The van der Waals surface area contributed by atoms with Gasteiger partial charge in [0.1, 0.15) is 0 Å². The van der Waals surface area contributed by atoms with Crippen LogP contribution in [0, 0.1) is 5.92 Å². The third-order valence-electron chi connectivity index (χ3n) is 3.22. The maximum Gasteiger partial charge on any atom is 0.341 e. The number of rotatable bonds is 3. The fourth-order valence-electron chi connectivity index (χ4n) is 2.28. The molecule has 3 nitrogen and oxygen atoms in total. The highest BCUT2D eigenvalue weighted by Crippen LogP contribution is 2.48. The van der Waals surface area contributed by atoms with Crippen LogP contribution in [0.2, 0.25) is 0 Å². The van der Waals surface area contributed by atoms with E-state index >= 15 is 0 Å². The van der Waals surface area contributed by atoms with E-state index in [1.807, 2.05) is 0 Å². The van der Waals surface area contributed by atoms with Gasteiger partial charge < -0.3 is 10.2 Å². The minimum Gasteiger partial charge on any atom is -0.479 e. The van der Waals surface area contributed by atoms with Crippen molar-refractivity contribution in [3.8, 4) is 0 Å². The SMILES string of the molecule is O=C(O)[C@@](O)(c1cccs1)C1CCC(F)(F)C1. The summed E-state index contributed by atoms with van der Waals surface area (Å²) in [5, 5.41) is 21.0. The van der Waals surface area contributed by atoms with Crippen LogP contribution in [0.1, 0.15) is 24.1 Å². The van der Waals surface area contributed by atoms with Gasteiger partial charge in [-0.2, -0.15) is 0 Å². The Morgan fingerprint density at radius 2 is 2.29 bits per heavy atom. The van der Waals surface area contributed by atoms with Gasteiger partial charge in [0, 0.05) is 23.6 Å². The second-order valence-corrected chi connectivity index (χ2v) is 5.29. The molecule has 1 fully saturated rings. The van der Waals surface area contributed by atoms with Crippen LogP contribution >= 0.6 is 11.3 Å². The number of carbonyl (C=O) groups is 1. The summed E-state index contributed by atoms with van der Waals surface area (Å²) in [6.07, 6.45) is -0.917. The van der Waals surface area contributed by atoms with E-state index in [1.165, 1.54) is 6.07 Å². The van der Waals surface area contributed by atoms with Crippen LogP contribution < -0.4 is 0 Å². The first kappa shape index (κ1) is 12.4. The molecule has 0 spiro atoms. The Bertz CT molecular complexity index is 418. The summed E-state index contributed by atoms with van der Waals surface area (Å²) in [6, 6.07) is 3.07. The Kier molecular flexibility index (Phi) is 2.95. The number of aliphatic hydroxyl groups is 1. The molecule has 1 aromatic heterocycles. The van der Waals surface area contributed by atoms with E-state index in [9.17, 15) is 18.7 Å². The van der Waals surface area contributed by atoms with E-state index in [0.29, 0.717) is 0 Å². The van der Waals surface area contributed by atoms with Gasteiger partial charge in [-0.15, -0.1) is 11.3 Å². The number of carboxylic acid groups (broad SMARTS) is 1. The molecule has 1 aliphatic rings. The number of thiophene rings is 1. The Hall–Kier alpha value is -1.01. The molecule has 0 amide bonds. The molecule has 0 aromatic carbocycles. The van der Waals surface area contributed by atoms with Crippen LogP contribution in [0.5, 0.6) is 0 Å². The molecule has 1 aliphatic carbocycles. The average Bonchev–Trinajstić information content (AvgIpc) is 2.85. The van der Waals surface area contributed by atoms with Crippen molar-refractivity contribution in [2.45, 2.75) is 30.8 Å². The summed E-state index contributed by atoms with van der Waals surface area (Å²) in [5.74, 6) is -5.26. The maximum atomic E-state index is 13.1. The van der Waals surface area contributed by atoms with Gasteiger partial charge in [0.2, 0.25) is 5.92 Å². The lowest BCUT2D eigenvalue weighted by atomic mass is 9.84. The lowest BCUT2D eigenvalue weighted by Crippen LogP contribution is -2.42. The molecule has 0 radical (unpaired) electrons. The summed E-state index contributed by atoms with van der Waals surface area (Å²) in [4.78, 5) is 11.4. The summed E-state index contributed by atoms with van der Waals surface area (Å²) in [6.45, 7) is 0. The quantitative estimate of drug-likeness (QED) is 0.879. The van der Waals surface area contributed by atoms with Crippen LogP contribution in [0.25, 0.3) is 0 Å². The second kappa shape index (κ2) is 4.03. The smallest absolute Gasteiger partial charge is 0.341 e. The molecule has 1 heterocycles. The van der Waals surface area contributed by atoms with E-state index in [0.717, 1.165) is 11.3 Å². The first-order chi connectivity index (χ1) is 7.86. The third-order valence-corrected chi connectivity index (χ3v) is 4.21. The van der Waals surface area contributed by atoms with Gasteiger partial charge >= 0.3 is 5.97 Å². The monoisotopic (exact) mass is 262 g/mol. The minimum atomic E-state index is -2.87. The molecule has 1 aromatic rings. The number of alkyl halides is 2. The Morgan fingerprint density at radius 1 is 1.59 bits per heavy atom. The standard InChI is InChI=1S/C11H12F2O3S/c12-10(13)4-3-7(6-10)11(16,9(14)15)8-2-1-5-17-8/h1-2,5,7,16H,3-4,6H2,(H,14,15)/t7?,11-/m0/s1. The highest BCUT2D eigenvalue weighted by atomic mass is 32.1. The molecule has 6 heteroatoms. The van der Waals surface area contributed by atoms with Crippen molar-refractivity contribution in [2.24, 2.45) is 5.92 Å². The molecular formula is C11H12F2O3S. The first-order valence-electron chi connectivity index (χ1n) is 5.24. The van der Waals surface area contributed by atoms with Crippen LogP contribution in [0.3, 0.4) is 0 Å². The summed E-state index contributed by atoms with van der Waals surface area (Å²) >= 11 is 1.07. The van der Waals surface area contributed by atoms with E-state index < -0.39 is 29.8 Å². The fraction of sp³-hybridized carbons (Fsp3) is 0.545. The van der Waals surface area contributed by atoms with Crippen LogP contribution in [-0.2, 0) is 10.4 Å². The molecule has 94 valence electrons. The number of aliphatic carboxylic acids is 1. The lowest BCUT2D eigenvalue weighted by molar-refractivity contribution is -0.167. The molecule has 1 unspecified atom stereocenters. The van der Waals surface area contributed by atoms with Crippen molar-refractivity contribution in [3.05, 3.63) is 22.4 Å². The predicted molar refractivity (Wildman–Crippen MR) is 58.1 cm³/mol. The fourth-order valence-corrected chi connectivity index (χ4v) is 3.18. The Morgan fingerprint density at radius 3 is 2.71 bits per heavy atom. The van der Waals surface area contributed by atoms with Crippen LogP contribution in [0.4, 0.5) is 8.78 Å². The first-order valence-corrected chi connectivity index (χ1v) is 6.12. The van der Waals surface area contributed by atoms with Gasteiger partial charge in [-0.1, -0.05) is 6.07 Å². The number of carboxylic acids is 1. The summed E-state index contributed by atoms with van der Waals surface area (Å²) < 4.78 is 26.3. The number of halogens is 2. The van der Waals surface area contributed by atoms with E-state index in [1.54, 1.807) is 11.4 Å². The van der Waals surface area contributed by atoms with Crippen molar-refractivity contribution < 1.29 is 23.8 Å². The number of hydrogen-bond acceptors (Lipinski definition) is 3. The van der Waals surface area contributed by atoms with Gasteiger partial charge in [0.25, 0.3) is 0 Å². The summed E-state index contributed by atoms with van der Waals surface area (Å²) in [7, 11) is 0. The van der Waals surface area contributed by atoms with Crippen molar-refractivity contribution >= 4 is 17.3 Å². The highest BCUT2D eigenvalue weighted by molar-refractivity contribution is 7.10. The van der Waals surface area contributed by atoms with Gasteiger partial charge in [-0.05, 0) is 17.9 Å². The summed E-state index contributed by atoms with van der Waals surface area (Å²) in [5.41, 5.74) is -2.19. The molecule has 1 saturated carbocycles. The lowest BCUT2D eigenvalue weighted by Gasteiger charge is -2.28. The molecule has 0 saturated heterocycles. The maximum absolute atomic E-state index is 13.1. The zero-order valence-corrected chi connectivity index (χ0v) is 9.71. The van der Waals surface area contributed by atoms with Crippen molar-refractivity contribution in [3.63, 3.8) is 0 Å². The Balaban J connectivity index is 2.34. The van der Waals surface area contributed by atoms with Gasteiger partial charge in [-0.3, -0.25) is 0 Å². The van der Waals surface area contributed by atoms with Gasteiger partial charge in [0.05, 0.1) is 0 Å². The van der Waals surface area contributed by atoms with E-state index in [-0.39, 0.29) is 17.7 Å². The predicted octanol–water partition coefficient (Wildman–Crippen LogP) is 2.46. The average molecular weight is 262 g/mol. The Labute approximate surface area is 101 Å². The molecule has 2 atom stereocenters. The topological polar surface area (TPSA) is 57.5 Å². The van der Waals surface area contributed by atoms with Gasteiger partial charge in [-0.25, -0.2) is 13.6 Å². The van der Waals surface area contributed by atoms with E-state index in [4.69, 9.17) is 5.11 Å². The molecule has 2 rings (SSSR count). The largest absolute Gasteiger partial charge is 0.479 e. The molecular weight excluding hydrogens is 250 g/mol. The highest BCUT2D eigenvalue weighted by Gasteiger charge is 2.54. The normalized spacial score (nSPS) is 26.6. The minimum absolute atomic E-state index is 0.0215. The second-order valence-electron chi connectivity index (χ2n) is 4.34. The molecule has 17 heavy (non-hydrogen) atoms. The molecule has 0 aliphatic heterocycles. The van der Waals surface area contributed by atoms with E-state index in [2.05, 4.69) is 0 Å². The zero-order chi connectivity index (χ0) is 12.7.